The molecule has 0 saturated carbocycles. The number of carbonyl (C=O) groups is 1. The molecule has 25 heavy (non-hydrogen) atoms. The molecule has 0 amide bonds. The standard InChI is InChI=1S/C17H22N2O4S2/c1-3-23-16(20)15-9-12-8-13(4-5-14(12)24-15)25(21,22)19-7-6-17(2,10-18)11-19/h4-5,8-9H,3,6-7,10-11,18H2,1-2H3. The van der Waals surface area contributed by atoms with Crippen LogP contribution in [0.4, 0.5) is 0 Å². The number of fused-ring (bicyclic) bond motifs is 1. The molecule has 0 radical (unpaired) electrons. The van der Waals surface area contributed by atoms with Crippen molar-refractivity contribution in [2.75, 3.05) is 26.2 Å². The third-order valence-electron chi connectivity index (χ3n) is 4.62. The fraction of sp³-hybridized carbons (Fsp3) is 0.471. The summed E-state index contributed by atoms with van der Waals surface area (Å²) in [5.41, 5.74) is 5.61. The van der Waals surface area contributed by atoms with Gasteiger partial charge in [-0.2, -0.15) is 4.31 Å². The van der Waals surface area contributed by atoms with E-state index in [4.69, 9.17) is 10.5 Å². The number of hydrogen-bond donors (Lipinski definition) is 1. The van der Waals surface area contributed by atoms with E-state index in [-0.39, 0.29) is 16.3 Å². The van der Waals surface area contributed by atoms with Gasteiger partial charge in [0.05, 0.1) is 11.5 Å². The second-order valence-corrected chi connectivity index (χ2v) is 9.66. The molecule has 0 spiro atoms. The lowest BCUT2D eigenvalue weighted by Crippen LogP contribution is -2.34. The fourth-order valence-electron chi connectivity index (χ4n) is 2.98. The van der Waals surface area contributed by atoms with E-state index in [0.29, 0.717) is 31.1 Å². The average molecular weight is 383 g/mol. The number of nitrogens with two attached hydrogens (primary N) is 1. The Labute approximate surface area is 151 Å². The van der Waals surface area contributed by atoms with Crippen LogP contribution in [0.2, 0.25) is 0 Å². The summed E-state index contributed by atoms with van der Waals surface area (Å²) in [7, 11) is -3.57. The summed E-state index contributed by atoms with van der Waals surface area (Å²) in [6, 6.07) is 6.65. The Bertz CT molecular complexity index is 907. The maximum absolute atomic E-state index is 12.9. The van der Waals surface area contributed by atoms with E-state index in [9.17, 15) is 13.2 Å². The summed E-state index contributed by atoms with van der Waals surface area (Å²) in [4.78, 5) is 12.6. The molecule has 1 aromatic carbocycles. The average Bonchev–Trinajstić information content (AvgIpc) is 3.19. The van der Waals surface area contributed by atoms with Crippen LogP contribution < -0.4 is 5.73 Å². The molecular formula is C17H22N2O4S2. The van der Waals surface area contributed by atoms with E-state index in [2.05, 4.69) is 0 Å². The molecule has 1 aliphatic rings. The third-order valence-corrected chi connectivity index (χ3v) is 7.56. The molecule has 3 rings (SSSR count). The molecule has 1 aromatic heterocycles. The van der Waals surface area contributed by atoms with E-state index >= 15 is 0 Å². The second-order valence-electron chi connectivity index (χ2n) is 6.63. The first kappa shape index (κ1) is 18.3. The fourth-order valence-corrected chi connectivity index (χ4v) is 5.55. The van der Waals surface area contributed by atoms with Crippen molar-refractivity contribution in [1.82, 2.24) is 4.31 Å². The van der Waals surface area contributed by atoms with E-state index in [1.807, 2.05) is 6.92 Å². The Morgan fingerprint density at radius 2 is 2.16 bits per heavy atom. The van der Waals surface area contributed by atoms with Gasteiger partial charge in [0.1, 0.15) is 4.88 Å². The summed E-state index contributed by atoms with van der Waals surface area (Å²) in [5, 5.41) is 0.731. The molecule has 0 bridgehead atoms. The lowest BCUT2D eigenvalue weighted by molar-refractivity contribution is 0.0532. The van der Waals surface area contributed by atoms with Crippen molar-refractivity contribution < 1.29 is 17.9 Å². The molecular weight excluding hydrogens is 360 g/mol. The number of nitrogens with zero attached hydrogens (tertiary/aromatic N) is 1. The van der Waals surface area contributed by atoms with Crippen molar-refractivity contribution in [2.24, 2.45) is 11.1 Å². The van der Waals surface area contributed by atoms with Gasteiger partial charge in [-0.1, -0.05) is 6.92 Å². The third kappa shape index (κ3) is 3.44. The van der Waals surface area contributed by atoms with Crippen molar-refractivity contribution in [1.29, 1.82) is 0 Å². The molecule has 0 aliphatic carbocycles. The monoisotopic (exact) mass is 382 g/mol. The van der Waals surface area contributed by atoms with Crippen molar-refractivity contribution >= 4 is 37.4 Å². The van der Waals surface area contributed by atoms with Crippen LogP contribution in [-0.2, 0) is 14.8 Å². The van der Waals surface area contributed by atoms with E-state index < -0.39 is 10.0 Å². The zero-order valence-corrected chi connectivity index (χ0v) is 16.0. The second kappa shape index (κ2) is 6.68. The normalized spacial score (nSPS) is 21.7. The molecule has 8 heteroatoms. The number of carbonyl (C=O) groups excluding carboxylic acids is 1. The summed E-state index contributed by atoms with van der Waals surface area (Å²) in [6.45, 7) is 5.44. The summed E-state index contributed by atoms with van der Waals surface area (Å²) in [6.07, 6.45) is 0.760. The van der Waals surface area contributed by atoms with Gasteiger partial charge >= 0.3 is 5.97 Å². The van der Waals surface area contributed by atoms with Crippen LogP contribution in [0, 0.1) is 5.41 Å². The molecule has 1 fully saturated rings. The number of benzene rings is 1. The number of thiophene rings is 1. The Hall–Kier alpha value is -1.48. The lowest BCUT2D eigenvalue weighted by Gasteiger charge is -2.22. The first-order valence-electron chi connectivity index (χ1n) is 8.20. The number of sulfonamides is 1. The zero-order chi connectivity index (χ0) is 18.2. The van der Waals surface area contributed by atoms with Gasteiger partial charge < -0.3 is 10.5 Å². The highest BCUT2D eigenvalue weighted by Crippen LogP contribution is 2.34. The highest BCUT2D eigenvalue weighted by Gasteiger charge is 2.39. The topological polar surface area (TPSA) is 89.7 Å². The van der Waals surface area contributed by atoms with Crippen LogP contribution in [-0.4, -0.2) is 44.9 Å². The maximum atomic E-state index is 12.9. The van der Waals surface area contributed by atoms with Crippen LogP contribution in [0.5, 0.6) is 0 Å². The van der Waals surface area contributed by atoms with Crippen molar-refractivity contribution in [3.63, 3.8) is 0 Å². The number of rotatable bonds is 5. The van der Waals surface area contributed by atoms with Crippen LogP contribution in [0.1, 0.15) is 29.9 Å². The molecule has 1 atom stereocenters. The zero-order valence-electron chi connectivity index (χ0n) is 14.3. The number of hydrogen-bond acceptors (Lipinski definition) is 6. The molecule has 2 aromatic rings. The Morgan fingerprint density at radius 3 is 2.80 bits per heavy atom. The molecule has 1 saturated heterocycles. The van der Waals surface area contributed by atoms with Crippen LogP contribution in [0.3, 0.4) is 0 Å². The van der Waals surface area contributed by atoms with Gasteiger partial charge in [0, 0.05) is 17.8 Å². The smallest absolute Gasteiger partial charge is 0.348 e. The van der Waals surface area contributed by atoms with Crippen LogP contribution >= 0.6 is 11.3 Å². The Morgan fingerprint density at radius 1 is 1.40 bits per heavy atom. The first-order chi connectivity index (χ1) is 11.8. The Balaban J connectivity index is 1.92. The van der Waals surface area contributed by atoms with Gasteiger partial charge in [-0.3, -0.25) is 0 Å². The van der Waals surface area contributed by atoms with Crippen LogP contribution in [0.15, 0.2) is 29.2 Å². The summed E-state index contributed by atoms with van der Waals surface area (Å²) in [5.74, 6) is -0.383. The predicted octanol–water partition coefficient (Wildman–Crippen LogP) is 2.44. The number of ether oxygens (including phenoxy) is 1. The van der Waals surface area contributed by atoms with Gasteiger partial charge in [0.25, 0.3) is 0 Å². The Kier molecular flexibility index (Phi) is 4.89. The van der Waals surface area contributed by atoms with Crippen molar-refractivity contribution in [3.8, 4) is 0 Å². The SMILES string of the molecule is CCOC(=O)c1cc2cc(S(=O)(=O)N3CCC(C)(CN)C3)ccc2s1. The molecule has 2 heterocycles. The van der Waals surface area contributed by atoms with Crippen LogP contribution in [0.25, 0.3) is 10.1 Å². The van der Waals surface area contributed by atoms with E-state index in [0.717, 1.165) is 16.5 Å². The van der Waals surface area contributed by atoms with Gasteiger partial charge in [0.15, 0.2) is 0 Å². The highest BCUT2D eigenvalue weighted by atomic mass is 32.2. The largest absolute Gasteiger partial charge is 0.462 e. The quantitative estimate of drug-likeness (QED) is 0.802. The van der Waals surface area contributed by atoms with Gasteiger partial charge in [-0.15, -0.1) is 11.3 Å². The van der Waals surface area contributed by atoms with Gasteiger partial charge in [-0.25, -0.2) is 13.2 Å². The van der Waals surface area contributed by atoms with E-state index in [1.54, 1.807) is 31.2 Å². The molecule has 2 N–H and O–H groups in total. The van der Waals surface area contributed by atoms with Crippen molar-refractivity contribution in [2.45, 2.75) is 25.2 Å². The minimum atomic E-state index is -3.57. The van der Waals surface area contributed by atoms with Gasteiger partial charge in [-0.05, 0) is 55.0 Å². The predicted molar refractivity (Wildman–Crippen MR) is 98.3 cm³/mol. The molecule has 136 valence electrons. The maximum Gasteiger partial charge on any atom is 0.348 e. The molecule has 1 unspecified atom stereocenters. The van der Waals surface area contributed by atoms with Gasteiger partial charge in [0.2, 0.25) is 10.0 Å². The lowest BCUT2D eigenvalue weighted by atomic mass is 9.90. The van der Waals surface area contributed by atoms with E-state index in [1.165, 1.54) is 15.6 Å². The highest BCUT2D eigenvalue weighted by molar-refractivity contribution is 7.89. The first-order valence-corrected chi connectivity index (χ1v) is 10.5. The summed E-state index contributed by atoms with van der Waals surface area (Å²) >= 11 is 1.30. The molecule has 1 aliphatic heterocycles. The molecule has 6 nitrogen and oxygen atoms in total. The minimum absolute atomic E-state index is 0.170. The number of esters is 1. The van der Waals surface area contributed by atoms with Crippen molar-refractivity contribution in [3.05, 3.63) is 29.1 Å². The summed E-state index contributed by atoms with van der Waals surface area (Å²) < 4.78 is 33.2. The minimum Gasteiger partial charge on any atom is -0.462 e.